The van der Waals surface area contributed by atoms with Crippen molar-refractivity contribution < 1.29 is 4.79 Å². The van der Waals surface area contributed by atoms with Gasteiger partial charge in [-0.05, 0) is 62.7 Å². The predicted molar refractivity (Wildman–Crippen MR) is 100 cm³/mol. The van der Waals surface area contributed by atoms with Crippen LogP contribution in [0.25, 0.3) is 0 Å². The number of primary amides is 1. The molecule has 138 valence electrons. The lowest BCUT2D eigenvalue weighted by molar-refractivity contribution is 0.0998. The third kappa shape index (κ3) is 4.71. The monoisotopic (exact) mass is 344 g/mol. The summed E-state index contributed by atoms with van der Waals surface area (Å²) >= 11 is 0. The average molecular weight is 345 g/mol. The molecule has 1 atom stereocenters. The highest BCUT2D eigenvalue weighted by molar-refractivity contribution is 5.93. The number of anilines is 1. The van der Waals surface area contributed by atoms with E-state index in [9.17, 15) is 4.79 Å². The average Bonchev–Trinajstić information content (AvgIpc) is 3.45. The van der Waals surface area contributed by atoms with Crippen molar-refractivity contribution in [3.05, 3.63) is 17.5 Å². The van der Waals surface area contributed by atoms with E-state index >= 15 is 0 Å². The minimum Gasteiger partial charge on any atom is -0.365 e. The molecular weight excluding hydrogens is 312 g/mol. The Bertz CT molecular complexity index is 591. The summed E-state index contributed by atoms with van der Waals surface area (Å²) in [6, 6.07) is 0.445. The molecule has 1 amide bonds. The van der Waals surface area contributed by atoms with Gasteiger partial charge in [-0.3, -0.25) is 4.79 Å². The zero-order valence-electron chi connectivity index (χ0n) is 15.6. The third-order valence-corrected chi connectivity index (χ3v) is 6.16. The van der Waals surface area contributed by atoms with E-state index in [1.807, 2.05) is 0 Å². The third-order valence-electron chi connectivity index (χ3n) is 6.16. The molecule has 0 aliphatic heterocycles. The van der Waals surface area contributed by atoms with Gasteiger partial charge in [0.05, 0.1) is 11.3 Å². The van der Waals surface area contributed by atoms with E-state index in [1.165, 1.54) is 44.9 Å². The molecule has 0 bridgehead atoms. The summed E-state index contributed by atoms with van der Waals surface area (Å²) in [7, 11) is 0. The Morgan fingerprint density at radius 1 is 1.24 bits per heavy atom. The van der Waals surface area contributed by atoms with Crippen molar-refractivity contribution in [3.8, 4) is 0 Å². The van der Waals surface area contributed by atoms with Crippen LogP contribution in [-0.2, 0) is 6.42 Å². The van der Waals surface area contributed by atoms with Gasteiger partial charge in [0.1, 0.15) is 0 Å². The number of carbonyl (C=O) groups is 1. The Kier molecular flexibility index (Phi) is 5.92. The van der Waals surface area contributed by atoms with Gasteiger partial charge >= 0.3 is 0 Å². The summed E-state index contributed by atoms with van der Waals surface area (Å²) in [5, 5.41) is 3.49. The van der Waals surface area contributed by atoms with Crippen LogP contribution in [0.2, 0.25) is 0 Å². The van der Waals surface area contributed by atoms with Gasteiger partial charge in [-0.25, -0.2) is 9.97 Å². The van der Waals surface area contributed by atoms with E-state index in [-0.39, 0.29) is 0 Å². The first kappa shape index (κ1) is 18.2. The maximum absolute atomic E-state index is 11.8. The second-order valence-corrected chi connectivity index (χ2v) is 7.90. The van der Waals surface area contributed by atoms with Crippen LogP contribution < -0.4 is 11.1 Å². The van der Waals surface area contributed by atoms with E-state index in [4.69, 9.17) is 10.7 Å². The molecule has 2 aliphatic carbocycles. The van der Waals surface area contributed by atoms with E-state index in [1.54, 1.807) is 6.20 Å². The Hall–Kier alpha value is -1.65. The molecule has 2 fully saturated rings. The number of aromatic nitrogens is 2. The highest BCUT2D eigenvalue weighted by atomic mass is 16.1. The number of rotatable bonds is 8. The highest BCUT2D eigenvalue weighted by Crippen LogP contribution is 2.40. The second kappa shape index (κ2) is 8.15. The first-order valence-corrected chi connectivity index (χ1v) is 10.0. The van der Waals surface area contributed by atoms with Crippen LogP contribution in [0.1, 0.15) is 81.3 Å². The lowest BCUT2D eigenvalue weighted by atomic mass is 9.84. The number of carbonyl (C=O) groups excluding carboxylic acids is 1. The number of nitrogens with two attached hydrogens (primary N) is 1. The van der Waals surface area contributed by atoms with E-state index < -0.39 is 5.91 Å². The zero-order valence-corrected chi connectivity index (χ0v) is 15.6. The number of nitrogens with one attached hydrogen (secondary N) is 1. The van der Waals surface area contributed by atoms with Gasteiger partial charge < -0.3 is 11.1 Å². The molecule has 0 saturated heterocycles. The minimum absolute atomic E-state index is 0.421. The number of hydrogen-bond acceptors (Lipinski definition) is 4. The van der Waals surface area contributed by atoms with Gasteiger partial charge in [-0.1, -0.05) is 26.7 Å². The SMILES string of the molecule is CCC1CCC(Nc2ncc(C(N)=O)c(C[C@@H](CC)C3CC3)n2)CC1. The maximum Gasteiger partial charge on any atom is 0.252 e. The molecule has 1 aromatic heterocycles. The molecule has 0 unspecified atom stereocenters. The predicted octanol–water partition coefficient (Wildman–Crippen LogP) is 3.93. The molecule has 3 rings (SSSR count). The Morgan fingerprint density at radius 2 is 1.96 bits per heavy atom. The van der Waals surface area contributed by atoms with E-state index in [2.05, 4.69) is 24.1 Å². The van der Waals surface area contributed by atoms with Crippen molar-refractivity contribution in [1.82, 2.24) is 9.97 Å². The highest BCUT2D eigenvalue weighted by Gasteiger charge is 2.31. The largest absolute Gasteiger partial charge is 0.365 e. The van der Waals surface area contributed by atoms with Crippen LogP contribution >= 0.6 is 0 Å². The van der Waals surface area contributed by atoms with Crippen molar-refractivity contribution in [3.63, 3.8) is 0 Å². The van der Waals surface area contributed by atoms with Gasteiger partial charge in [-0.15, -0.1) is 0 Å². The summed E-state index contributed by atoms with van der Waals surface area (Å²) < 4.78 is 0. The Labute approximate surface area is 151 Å². The van der Waals surface area contributed by atoms with Crippen molar-refractivity contribution in [2.75, 3.05) is 5.32 Å². The molecule has 5 nitrogen and oxygen atoms in total. The van der Waals surface area contributed by atoms with Crippen LogP contribution in [0.3, 0.4) is 0 Å². The fraction of sp³-hybridized carbons (Fsp3) is 0.750. The van der Waals surface area contributed by atoms with Crippen molar-refractivity contribution in [2.24, 2.45) is 23.5 Å². The fourth-order valence-corrected chi connectivity index (χ4v) is 4.21. The summed E-state index contributed by atoms with van der Waals surface area (Å²) in [5.41, 5.74) is 6.86. The van der Waals surface area contributed by atoms with Gasteiger partial charge in [0.25, 0.3) is 5.91 Å². The molecule has 1 heterocycles. The normalized spacial score (nSPS) is 24.7. The molecule has 0 radical (unpaired) electrons. The number of hydrogen-bond donors (Lipinski definition) is 2. The van der Waals surface area contributed by atoms with Crippen molar-refractivity contribution in [1.29, 1.82) is 0 Å². The maximum atomic E-state index is 11.8. The lowest BCUT2D eigenvalue weighted by Gasteiger charge is -2.28. The van der Waals surface area contributed by atoms with Gasteiger partial charge in [0, 0.05) is 12.2 Å². The minimum atomic E-state index is -0.421. The lowest BCUT2D eigenvalue weighted by Crippen LogP contribution is -2.27. The van der Waals surface area contributed by atoms with Crippen LogP contribution in [0.15, 0.2) is 6.20 Å². The molecule has 5 heteroatoms. The summed E-state index contributed by atoms with van der Waals surface area (Å²) in [6.45, 7) is 4.50. The fourth-order valence-electron chi connectivity index (χ4n) is 4.21. The van der Waals surface area contributed by atoms with Crippen LogP contribution in [0.4, 0.5) is 5.95 Å². The van der Waals surface area contributed by atoms with Gasteiger partial charge in [0.2, 0.25) is 5.95 Å². The Balaban J connectivity index is 1.70. The second-order valence-electron chi connectivity index (χ2n) is 7.90. The molecule has 0 aromatic carbocycles. The molecule has 25 heavy (non-hydrogen) atoms. The number of nitrogens with zero attached hydrogens (tertiary/aromatic N) is 2. The summed E-state index contributed by atoms with van der Waals surface area (Å²) in [4.78, 5) is 20.8. The standard InChI is InChI=1S/C20H32N4O/c1-3-13-5-9-16(10-6-13)23-20-22-12-17(19(21)25)18(24-20)11-14(4-2)15-7-8-15/h12-16H,3-11H2,1-2H3,(H2,21,25)(H,22,23,24)/t13?,14-,16?/m1/s1. The molecule has 0 spiro atoms. The quantitative estimate of drug-likeness (QED) is 0.748. The molecule has 3 N–H and O–H groups in total. The van der Waals surface area contributed by atoms with Crippen molar-refractivity contribution in [2.45, 2.75) is 77.7 Å². The summed E-state index contributed by atoms with van der Waals surface area (Å²) in [5.74, 6) is 2.50. The van der Waals surface area contributed by atoms with Crippen LogP contribution in [-0.4, -0.2) is 21.9 Å². The van der Waals surface area contributed by atoms with Gasteiger partial charge in [-0.2, -0.15) is 0 Å². The molecule has 2 saturated carbocycles. The number of amides is 1. The smallest absolute Gasteiger partial charge is 0.252 e. The first-order chi connectivity index (χ1) is 12.1. The topological polar surface area (TPSA) is 80.9 Å². The summed E-state index contributed by atoms with van der Waals surface area (Å²) in [6.07, 6.45) is 12.4. The van der Waals surface area contributed by atoms with Gasteiger partial charge in [0.15, 0.2) is 0 Å². The zero-order chi connectivity index (χ0) is 17.8. The van der Waals surface area contributed by atoms with Crippen molar-refractivity contribution >= 4 is 11.9 Å². The molecule has 1 aromatic rings. The van der Waals surface area contributed by atoms with E-state index in [0.717, 1.165) is 30.4 Å². The molecule has 2 aliphatic rings. The van der Waals surface area contributed by atoms with Crippen LogP contribution in [0.5, 0.6) is 0 Å². The van der Waals surface area contributed by atoms with Crippen LogP contribution in [0, 0.1) is 17.8 Å². The first-order valence-electron chi connectivity index (χ1n) is 10.0. The Morgan fingerprint density at radius 3 is 2.52 bits per heavy atom. The molecular formula is C20H32N4O. The van der Waals surface area contributed by atoms with E-state index in [0.29, 0.717) is 23.5 Å².